The Morgan fingerprint density at radius 3 is 2.82 bits per heavy atom. The Morgan fingerprint density at radius 2 is 2.18 bits per heavy atom. The zero-order valence-corrected chi connectivity index (χ0v) is 10.7. The molecule has 2 aliphatic rings. The molecule has 0 aromatic rings. The first-order valence-electron chi connectivity index (χ1n) is 6.66. The number of carboxylic acid groups (broad SMARTS) is 1. The summed E-state index contributed by atoms with van der Waals surface area (Å²) in [7, 11) is 0. The van der Waals surface area contributed by atoms with Crippen LogP contribution < -0.4 is 5.73 Å². The highest BCUT2D eigenvalue weighted by Gasteiger charge is 2.41. The predicted molar refractivity (Wildman–Crippen MR) is 67.5 cm³/mol. The van der Waals surface area contributed by atoms with Crippen LogP contribution in [0.2, 0.25) is 0 Å². The summed E-state index contributed by atoms with van der Waals surface area (Å²) in [5.74, 6) is 0.239. The number of hydrogen-bond acceptors (Lipinski definition) is 2. The summed E-state index contributed by atoms with van der Waals surface area (Å²) in [4.78, 5) is 11.2. The molecule has 5 unspecified atom stereocenters. The van der Waals surface area contributed by atoms with Crippen LogP contribution in [0.4, 0.5) is 0 Å². The van der Waals surface area contributed by atoms with Crippen molar-refractivity contribution < 1.29 is 9.90 Å². The fourth-order valence-electron chi connectivity index (χ4n) is 3.62. The summed E-state index contributed by atoms with van der Waals surface area (Å²) in [6.45, 7) is 4.00. The van der Waals surface area contributed by atoms with Gasteiger partial charge in [-0.3, -0.25) is 4.79 Å². The van der Waals surface area contributed by atoms with Crippen molar-refractivity contribution in [3.8, 4) is 0 Å². The average Bonchev–Trinajstić information content (AvgIpc) is 2.28. The largest absolute Gasteiger partial charge is 0.481 e. The maximum Gasteiger partial charge on any atom is 0.306 e. The fraction of sp³-hybridized carbons (Fsp3) is 0.786. The summed E-state index contributed by atoms with van der Waals surface area (Å²) >= 11 is 0. The van der Waals surface area contributed by atoms with Gasteiger partial charge in [-0.05, 0) is 50.4 Å². The van der Waals surface area contributed by atoms with E-state index in [0.717, 1.165) is 25.7 Å². The van der Waals surface area contributed by atoms with Gasteiger partial charge in [0.2, 0.25) is 0 Å². The molecular weight excluding hydrogens is 214 g/mol. The Kier molecular flexibility index (Phi) is 3.57. The highest BCUT2D eigenvalue weighted by molar-refractivity contribution is 5.70. The second-order valence-corrected chi connectivity index (χ2v) is 5.82. The van der Waals surface area contributed by atoms with Gasteiger partial charge < -0.3 is 10.8 Å². The molecule has 0 radical (unpaired) electrons. The van der Waals surface area contributed by atoms with Gasteiger partial charge in [0.25, 0.3) is 0 Å². The van der Waals surface area contributed by atoms with E-state index in [-0.39, 0.29) is 17.9 Å². The SMILES string of the molecule is CC1=CC2C(CC1)C(N)CCC2C(C)C(=O)O. The number of fused-ring (bicyclic) bond motifs is 1. The van der Waals surface area contributed by atoms with Crippen LogP contribution in [-0.2, 0) is 4.79 Å². The average molecular weight is 237 g/mol. The van der Waals surface area contributed by atoms with E-state index in [1.54, 1.807) is 0 Å². The summed E-state index contributed by atoms with van der Waals surface area (Å²) in [5.41, 5.74) is 7.60. The van der Waals surface area contributed by atoms with Crippen LogP contribution in [-0.4, -0.2) is 17.1 Å². The molecule has 0 saturated heterocycles. The maximum atomic E-state index is 11.2. The van der Waals surface area contributed by atoms with Crippen molar-refractivity contribution in [3.05, 3.63) is 11.6 Å². The first kappa shape index (κ1) is 12.6. The third-order valence-electron chi connectivity index (χ3n) is 4.75. The van der Waals surface area contributed by atoms with Crippen LogP contribution in [0.1, 0.15) is 39.5 Å². The molecule has 3 N–H and O–H groups in total. The van der Waals surface area contributed by atoms with Gasteiger partial charge in [-0.2, -0.15) is 0 Å². The predicted octanol–water partition coefficient (Wildman–Crippen LogP) is 2.42. The minimum Gasteiger partial charge on any atom is -0.481 e. The van der Waals surface area contributed by atoms with Crippen molar-refractivity contribution in [1.29, 1.82) is 0 Å². The molecule has 2 aliphatic carbocycles. The summed E-state index contributed by atoms with van der Waals surface area (Å²) in [5, 5.41) is 9.20. The van der Waals surface area contributed by atoms with Crippen molar-refractivity contribution in [2.75, 3.05) is 0 Å². The Bertz CT molecular complexity index is 337. The highest BCUT2D eigenvalue weighted by atomic mass is 16.4. The molecule has 96 valence electrons. The number of carboxylic acids is 1. The van der Waals surface area contributed by atoms with Gasteiger partial charge in [0.05, 0.1) is 5.92 Å². The molecule has 0 bridgehead atoms. The van der Waals surface area contributed by atoms with E-state index in [4.69, 9.17) is 5.73 Å². The number of allylic oxidation sites excluding steroid dienone is 2. The molecule has 17 heavy (non-hydrogen) atoms. The first-order valence-corrected chi connectivity index (χ1v) is 6.66. The van der Waals surface area contributed by atoms with Gasteiger partial charge in [0, 0.05) is 6.04 Å². The van der Waals surface area contributed by atoms with Gasteiger partial charge in [0.1, 0.15) is 0 Å². The molecular formula is C14H23NO2. The second kappa shape index (κ2) is 4.81. The molecule has 5 atom stereocenters. The minimum absolute atomic E-state index is 0.253. The lowest BCUT2D eigenvalue weighted by Gasteiger charge is -2.44. The molecule has 0 aromatic heterocycles. The smallest absolute Gasteiger partial charge is 0.306 e. The van der Waals surface area contributed by atoms with Crippen LogP contribution in [0.3, 0.4) is 0 Å². The van der Waals surface area contributed by atoms with Gasteiger partial charge in [-0.25, -0.2) is 0 Å². The third kappa shape index (κ3) is 2.39. The summed E-state index contributed by atoms with van der Waals surface area (Å²) in [6.07, 6.45) is 6.51. The molecule has 0 amide bonds. The number of rotatable bonds is 2. The van der Waals surface area contributed by atoms with E-state index >= 15 is 0 Å². The maximum absolute atomic E-state index is 11.2. The molecule has 3 nitrogen and oxygen atoms in total. The number of carbonyl (C=O) groups is 1. The quantitative estimate of drug-likeness (QED) is 0.725. The Hall–Kier alpha value is -0.830. The van der Waals surface area contributed by atoms with E-state index < -0.39 is 5.97 Å². The number of hydrogen-bond donors (Lipinski definition) is 2. The van der Waals surface area contributed by atoms with Gasteiger partial charge in [-0.1, -0.05) is 18.6 Å². The molecule has 0 aliphatic heterocycles. The zero-order valence-electron chi connectivity index (χ0n) is 10.7. The van der Waals surface area contributed by atoms with Gasteiger partial charge in [-0.15, -0.1) is 0 Å². The van der Waals surface area contributed by atoms with E-state index in [2.05, 4.69) is 13.0 Å². The number of aliphatic carboxylic acids is 1. The van der Waals surface area contributed by atoms with Crippen molar-refractivity contribution in [3.63, 3.8) is 0 Å². The molecule has 2 rings (SSSR count). The summed E-state index contributed by atoms with van der Waals surface area (Å²) < 4.78 is 0. The molecule has 3 heteroatoms. The summed E-state index contributed by atoms with van der Waals surface area (Å²) in [6, 6.07) is 0.265. The van der Waals surface area contributed by atoms with Crippen molar-refractivity contribution >= 4 is 5.97 Å². The molecule has 0 aromatic carbocycles. The van der Waals surface area contributed by atoms with Crippen LogP contribution in [0.25, 0.3) is 0 Å². The highest BCUT2D eigenvalue weighted by Crippen LogP contribution is 2.44. The Labute approximate surface area is 103 Å². The molecule has 0 spiro atoms. The van der Waals surface area contributed by atoms with Gasteiger partial charge in [0.15, 0.2) is 0 Å². The molecule has 0 heterocycles. The van der Waals surface area contributed by atoms with Crippen molar-refractivity contribution in [2.24, 2.45) is 29.4 Å². The fourth-order valence-corrected chi connectivity index (χ4v) is 3.62. The van der Waals surface area contributed by atoms with Crippen LogP contribution >= 0.6 is 0 Å². The lowest BCUT2D eigenvalue weighted by Crippen LogP contribution is -2.46. The first-order chi connectivity index (χ1) is 8.00. The zero-order chi connectivity index (χ0) is 12.6. The van der Waals surface area contributed by atoms with Crippen LogP contribution in [0.5, 0.6) is 0 Å². The lowest BCUT2D eigenvalue weighted by molar-refractivity contribution is -0.144. The third-order valence-corrected chi connectivity index (χ3v) is 4.75. The Morgan fingerprint density at radius 1 is 1.47 bits per heavy atom. The van der Waals surface area contributed by atoms with Crippen LogP contribution in [0.15, 0.2) is 11.6 Å². The normalized spacial score (nSPS) is 39.1. The standard InChI is InChI=1S/C14H23NO2/c1-8-3-4-11-12(7-8)10(5-6-13(11)15)9(2)14(16)17/h7,9-13H,3-6,15H2,1-2H3,(H,16,17). The lowest BCUT2D eigenvalue weighted by atomic mass is 9.62. The number of nitrogens with two attached hydrogens (primary N) is 1. The van der Waals surface area contributed by atoms with Crippen LogP contribution in [0, 0.1) is 23.7 Å². The minimum atomic E-state index is -0.666. The van der Waals surface area contributed by atoms with Crippen molar-refractivity contribution in [1.82, 2.24) is 0 Å². The van der Waals surface area contributed by atoms with Crippen molar-refractivity contribution in [2.45, 2.75) is 45.6 Å². The van der Waals surface area contributed by atoms with E-state index in [1.165, 1.54) is 5.57 Å². The van der Waals surface area contributed by atoms with E-state index in [9.17, 15) is 9.90 Å². The monoisotopic (exact) mass is 237 g/mol. The Balaban J connectivity index is 2.22. The topological polar surface area (TPSA) is 63.3 Å². The van der Waals surface area contributed by atoms with E-state index in [1.807, 2.05) is 6.92 Å². The van der Waals surface area contributed by atoms with E-state index in [0.29, 0.717) is 11.8 Å². The molecule has 1 saturated carbocycles. The second-order valence-electron chi connectivity index (χ2n) is 5.82. The molecule has 1 fully saturated rings. The van der Waals surface area contributed by atoms with Gasteiger partial charge >= 0.3 is 5.97 Å².